The van der Waals surface area contributed by atoms with Crippen molar-refractivity contribution in [1.82, 2.24) is 0 Å². The van der Waals surface area contributed by atoms with Gasteiger partial charge in [0.05, 0.1) is 12.4 Å². The van der Waals surface area contributed by atoms with Gasteiger partial charge in [0.1, 0.15) is 0 Å². The van der Waals surface area contributed by atoms with Gasteiger partial charge in [0.25, 0.3) is 0 Å². The molecule has 0 heterocycles. The van der Waals surface area contributed by atoms with Crippen LogP contribution < -0.4 is 0 Å². The van der Waals surface area contributed by atoms with E-state index in [1.54, 1.807) is 0 Å². The van der Waals surface area contributed by atoms with Gasteiger partial charge in [-0.2, -0.15) is 0 Å². The summed E-state index contributed by atoms with van der Waals surface area (Å²) in [4.78, 5) is 0. The van der Waals surface area contributed by atoms with E-state index in [9.17, 15) is 5.11 Å². The predicted octanol–water partition coefficient (Wildman–Crippen LogP) is 1.82. The van der Waals surface area contributed by atoms with Gasteiger partial charge in [0.15, 0.2) is 5.79 Å². The second kappa shape index (κ2) is 4.63. The molecule has 3 heteroatoms. The van der Waals surface area contributed by atoms with E-state index in [0.29, 0.717) is 12.8 Å². The molecule has 0 aromatic rings. The maximum atomic E-state index is 9.70. The number of hydrogen-bond acceptors (Lipinski definition) is 3. The molecule has 0 fully saturated rings. The van der Waals surface area contributed by atoms with Crippen LogP contribution in [-0.2, 0) is 9.47 Å². The van der Waals surface area contributed by atoms with Crippen LogP contribution in [0.4, 0.5) is 0 Å². The fourth-order valence-electron chi connectivity index (χ4n) is 1.35. The molecule has 0 aliphatic heterocycles. The summed E-state index contributed by atoms with van der Waals surface area (Å²) in [6, 6.07) is 0. The third-order valence-corrected chi connectivity index (χ3v) is 2.28. The quantitative estimate of drug-likeness (QED) is 0.680. The number of ether oxygens (including phenoxy) is 2. The first-order valence-corrected chi connectivity index (χ1v) is 4.79. The summed E-state index contributed by atoms with van der Waals surface area (Å²) in [5.41, 5.74) is 0. The standard InChI is InChI=1S/C10H18O3/c1-3-8-13-9-4-6-10(11,12-2)7-5-9/h4,11H,3,5-8H2,1-2H3. The Morgan fingerprint density at radius 2 is 2.38 bits per heavy atom. The van der Waals surface area contributed by atoms with Gasteiger partial charge >= 0.3 is 0 Å². The molecule has 0 saturated carbocycles. The Kier molecular flexibility index (Phi) is 3.75. The SMILES string of the molecule is CCCOC1=CCC(O)(OC)CC1. The van der Waals surface area contributed by atoms with Crippen LogP contribution in [0.15, 0.2) is 11.8 Å². The second-order valence-electron chi connectivity index (χ2n) is 3.37. The number of aliphatic hydroxyl groups is 1. The van der Waals surface area contributed by atoms with Crippen LogP contribution in [0.3, 0.4) is 0 Å². The highest BCUT2D eigenvalue weighted by Crippen LogP contribution is 2.28. The summed E-state index contributed by atoms with van der Waals surface area (Å²) in [7, 11) is 1.53. The average molecular weight is 186 g/mol. The topological polar surface area (TPSA) is 38.7 Å². The van der Waals surface area contributed by atoms with Gasteiger partial charge in [-0.3, -0.25) is 0 Å². The van der Waals surface area contributed by atoms with E-state index >= 15 is 0 Å². The first-order valence-electron chi connectivity index (χ1n) is 4.79. The smallest absolute Gasteiger partial charge is 0.169 e. The van der Waals surface area contributed by atoms with E-state index in [4.69, 9.17) is 9.47 Å². The van der Waals surface area contributed by atoms with E-state index in [0.717, 1.165) is 25.2 Å². The van der Waals surface area contributed by atoms with E-state index in [2.05, 4.69) is 6.92 Å². The van der Waals surface area contributed by atoms with Crippen LogP contribution in [0.2, 0.25) is 0 Å². The fraction of sp³-hybridized carbons (Fsp3) is 0.800. The van der Waals surface area contributed by atoms with Crippen molar-refractivity contribution in [2.45, 2.75) is 38.4 Å². The molecule has 0 radical (unpaired) electrons. The summed E-state index contributed by atoms with van der Waals surface area (Å²) in [5, 5.41) is 9.70. The normalized spacial score (nSPS) is 28.4. The van der Waals surface area contributed by atoms with Crippen molar-refractivity contribution in [3.8, 4) is 0 Å². The first kappa shape index (κ1) is 10.5. The molecule has 1 unspecified atom stereocenters. The van der Waals surface area contributed by atoms with Gasteiger partial charge in [0.2, 0.25) is 0 Å². The van der Waals surface area contributed by atoms with Crippen LogP contribution in [-0.4, -0.2) is 24.6 Å². The molecule has 1 rings (SSSR count). The monoisotopic (exact) mass is 186 g/mol. The first-order chi connectivity index (χ1) is 6.20. The third-order valence-electron chi connectivity index (χ3n) is 2.28. The zero-order valence-electron chi connectivity index (χ0n) is 8.38. The van der Waals surface area contributed by atoms with Crippen molar-refractivity contribution >= 4 is 0 Å². The van der Waals surface area contributed by atoms with E-state index in [-0.39, 0.29) is 0 Å². The van der Waals surface area contributed by atoms with Gasteiger partial charge in [0, 0.05) is 26.4 Å². The lowest BCUT2D eigenvalue weighted by Gasteiger charge is -2.29. The van der Waals surface area contributed by atoms with Crippen molar-refractivity contribution < 1.29 is 14.6 Å². The Hall–Kier alpha value is -0.540. The molecule has 0 bridgehead atoms. The van der Waals surface area contributed by atoms with E-state index in [1.807, 2.05) is 6.08 Å². The number of allylic oxidation sites excluding steroid dienone is 1. The van der Waals surface area contributed by atoms with Crippen LogP contribution in [0, 0.1) is 0 Å². The molecular weight excluding hydrogens is 168 g/mol. The van der Waals surface area contributed by atoms with E-state index in [1.165, 1.54) is 7.11 Å². The second-order valence-corrected chi connectivity index (χ2v) is 3.37. The van der Waals surface area contributed by atoms with Crippen molar-refractivity contribution in [3.05, 3.63) is 11.8 Å². The fourth-order valence-corrected chi connectivity index (χ4v) is 1.35. The minimum absolute atomic E-state index is 0.530. The Balaban J connectivity index is 2.38. The average Bonchev–Trinajstić information content (AvgIpc) is 2.17. The van der Waals surface area contributed by atoms with Gasteiger partial charge in [-0.1, -0.05) is 6.92 Å². The molecule has 0 spiro atoms. The molecule has 13 heavy (non-hydrogen) atoms. The lowest BCUT2D eigenvalue weighted by molar-refractivity contribution is -0.191. The molecular formula is C10H18O3. The molecule has 1 atom stereocenters. The molecule has 76 valence electrons. The highest BCUT2D eigenvalue weighted by molar-refractivity contribution is 5.02. The molecule has 0 aromatic carbocycles. The maximum absolute atomic E-state index is 9.70. The highest BCUT2D eigenvalue weighted by atomic mass is 16.6. The minimum atomic E-state index is -0.959. The Morgan fingerprint density at radius 1 is 1.62 bits per heavy atom. The molecule has 0 saturated heterocycles. The van der Waals surface area contributed by atoms with Gasteiger partial charge in [-0.15, -0.1) is 0 Å². The minimum Gasteiger partial charge on any atom is -0.498 e. The Morgan fingerprint density at radius 3 is 2.85 bits per heavy atom. The lowest BCUT2D eigenvalue weighted by atomic mass is 9.99. The highest BCUT2D eigenvalue weighted by Gasteiger charge is 2.29. The van der Waals surface area contributed by atoms with Crippen molar-refractivity contribution in [3.63, 3.8) is 0 Å². The molecule has 3 nitrogen and oxygen atoms in total. The van der Waals surface area contributed by atoms with Gasteiger partial charge in [-0.05, 0) is 12.5 Å². The van der Waals surface area contributed by atoms with Crippen molar-refractivity contribution in [2.24, 2.45) is 0 Å². The van der Waals surface area contributed by atoms with Crippen molar-refractivity contribution in [1.29, 1.82) is 0 Å². The molecule has 0 amide bonds. The lowest BCUT2D eigenvalue weighted by Crippen LogP contribution is -2.32. The van der Waals surface area contributed by atoms with Crippen molar-refractivity contribution in [2.75, 3.05) is 13.7 Å². The van der Waals surface area contributed by atoms with Crippen LogP contribution in [0.25, 0.3) is 0 Å². The molecule has 1 N–H and O–H groups in total. The van der Waals surface area contributed by atoms with Crippen LogP contribution in [0.1, 0.15) is 32.6 Å². The summed E-state index contributed by atoms with van der Waals surface area (Å²) >= 11 is 0. The number of methoxy groups -OCH3 is 1. The van der Waals surface area contributed by atoms with Crippen LogP contribution >= 0.6 is 0 Å². The summed E-state index contributed by atoms with van der Waals surface area (Å²) in [6.07, 6.45) is 4.86. The van der Waals surface area contributed by atoms with Gasteiger partial charge in [-0.25, -0.2) is 0 Å². The Bertz CT molecular complexity index is 189. The largest absolute Gasteiger partial charge is 0.498 e. The summed E-state index contributed by atoms with van der Waals surface area (Å²) < 4.78 is 10.5. The van der Waals surface area contributed by atoms with Crippen LogP contribution in [0.5, 0.6) is 0 Å². The maximum Gasteiger partial charge on any atom is 0.169 e. The van der Waals surface area contributed by atoms with E-state index < -0.39 is 5.79 Å². The third kappa shape index (κ3) is 3.01. The molecule has 1 aliphatic carbocycles. The zero-order valence-corrected chi connectivity index (χ0v) is 8.38. The Labute approximate surface area is 79.3 Å². The molecule has 0 aromatic heterocycles. The molecule has 1 aliphatic rings. The predicted molar refractivity (Wildman–Crippen MR) is 50.1 cm³/mol. The van der Waals surface area contributed by atoms with Gasteiger partial charge < -0.3 is 14.6 Å². The zero-order chi connectivity index (χ0) is 9.73. The number of rotatable bonds is 4. The number of hydrogen-bond donors (Lipinski definition) is 1. The summed E-state index contributed by atoms with van der Waals surface area (Å²) in [5.74, 6) is 0.0302. The summed E-state index contributed by atoms with van der Waals surface area (Å²) in [6.45, 7) is 2.84.